The quantitative estimate of drug-likeness (QED) is 0.289. The Balaban J connectivity index is 2.37. The second kappa shape index (κ2) is 11.7. The van der Waals surface area contributed by atoms with Crippen LogP contribution in [0, 0.1) is 10.8 Å². The molecular weight excluding hydrogens is 388 g/mol. The largest absolute Gasteiger partial charge is 0.460 e. The molecule has 0 aromatic heterocycles. The van der Waals surface area contributed by atoms with Gasteiger partial charge in [0, 0.05) is 0 Å². The van der Waals surface area contributed by atoms with Gasteiger partial charge < -0.3 is 9.47 Å². The maximum Gasteiger partial charge on any atom is 0.324 e. The predicted molar refractivity (Wildman–Crippen MR) is 123 cm³/mol. The summed E-state index contributed by atoms with van der Waals surface area (Å²) in [7, 11) is 0. The summed E-state index contributed by atoms with van der Waals surface area (Å²) in [6, 6.07) is 19.1. The fourth-order valence-corrected chi connectivity index (χ4v) is 4.77. The SMILES string of the molecule is CCCC(CC)(CC)C(CC)(C(=O)OCc1ccccc1)C(=O)OCc1ccccc1. The number of benzene rings is 2. The molecule has 0 N–H and O–H groups in total. The number of hydrogen-bond donors (Lipinski definition) is 0. The van der Waals surface area contributed by atoms with Crippen molar-refractivity contribution in [3.05, 3.63) is 71.8 Å². The maximum absolute atomic E-state index is 13.6. The lowest BCUT2D eigenvalue weighted by atomic mass is 9.57. The predicted octanol–water partition coefficient (Wildman–Crippen LogP) is 6.48. The highest BCUT2D eigenvalue weighted by atomic mass is 16.6. The molecule has 31 heavy (non-hydrogen) atoms. The average molecular weight is 425 g/mol. The number of carbonyl (C=O) groups is 2. The van der Waals surface area contributed by atoms with Crippen LogP contribution in [0.1, 0.15) is 70.9 Å². The summed E-state index contributed by atoms with van der Waals surface area (Å²) in [4.78, 5) is 27.3. The van der Waals surface area contributed by atoms with E-state index in [-0.39, 0.29) is 13.2 Å². The van der Waals surface area contributed by atoms with Crippen LogP contribution in [0.25, 0.3) is 0 Å². The van der Waals surface area contributed by atoms with E-state index in [1.807, 2.05) is 67.6 Å². The van der Waals surface area contributed by atoms with Gasteiger partial charge in [0.1, 0.15) is 13.2 Å². The molecule has 0 spiro atoms. The minimum Gasteiger partial charge on any atom is -0.460 e. The normalized spacial score (nSPS) is 11.7. The third-order valence-electron chi connectivity index (χ3n) is 6.64. The molecule has 2 aromatic carbocycles. The van der Waals surface area contributed by atoms with E-state index in [2.05, 4.69) is 20.8 Å². The van der Waals surface area contributed by atoms with Gasteiger partial charge in [-0.3, -0.25) is 9.59 Å². The number of carbonyl (C=O) groups excluding carboxylic acids is 2. The van der Waals surface area contributed by atoms with E-state index in [9.17, 15) is 9.59 Å². The Labute approximate surface area is 187 Å². The van der Waals surface area contributed by atoms with Gasteiger partial charge in [-0.1, -0.05) is 94.8 Å². The second-order valence-corrected chi connectivity index (χ2v) is 8.12. The summed E-state index contributed by atoms with van der Waals surface area (Å²) in [5.41, 5.74) is -0.0612. The number of hydrogen-bond acceptors (Lipinski definition) is 4. The van der Waals surface area contributed by atoms with Gasteiger partial charge in [0.2, 0.25) is 0 Å². The Morgan fingerprint density at radius 2 is 1.10 bits per heavy atom. The topological polar surface area (TPSA) is 52.6 Å². The van der Waals surface area contributed by atoms with Crippen LogP contribution in [0.4, 0.5) is 0 Å². The van der Waals surface area contributed by atoms with E-state index in [1.54, 1.807) is 0 Å². The summed E-state index contributed by atoms with van der Waals surface area (Å²) in [6.07, 6.45) is 3.38. The molecular formula is C27H36O4. The highest BCUT2D eigenvalue weighted by Crippen LogP contribution is 2.52. The van der Waals surface area contributed by atoms with Crippen LogP contribution in [-0.2, 0) is 32.3 Å². The molecule has 0 saturated heterocycles. The molecule has 0 aliphatic carbocycles. The molecule has 0 radical (unpaired) electrons. The smallest absolute Gasteiger partial charge is 0.324 e. The average Bonchev–Trinajstić information content (AvgIpc) is 2.82. The second-order valence-electron chi connectivity index (χ2n) is 8.12. The van der Waals surface area contributed by atoms with Crippen LogP contribution < -0.4 is 0 Å². The molecule has 0 amide bonds. The molecule has 2 aromatic rings. The Hall–Kier alpha value is -2.62. The minimum absolute atomic E-state index is 0.142. The molecule has 2 rings (SSSR count). The van der Waals surface area contributed by atoms with Gasteiger partial charge in [-0.15, -0.1) is 0 Å². The molecule has 0 aliphatic heterocycles. The molecule has 0 unspecified atom stereocenters. The summed E-state index contributed by atoms with van der Waals surface area (Å²) >= 11 is 0. The van der Waals surface area contributed by atoms with Crippen molar-refractivity contribution in [2.45, 2.75) is 73.0 Å². The molecule has 168 valence electrons. The first-order valence-electron chi connectivity index (χ1n) is 11.4. The standard InChI is InChI=1S/C27H36O4/c1-5-19-26(6-2,7-3)27(8-4,24(28)30-20-22-15-11-9-12-16-22)25(29)31-21-23-17-13-10-14-18-23/h9-18H,5-8,19-21H2,1-4H3. The van der Waals surface area contributed by atoms with Crippen molar-refractivity contribution in [3.63, 3.8) is 0 Å². The van der Waals surface area contributed by atoms with E-state index >= 15 is 0 Å². The number of rotatable bonds is 12. The van der Waals surface area contributed by atoms with E-state index in [0.29, 0.717) is 19.3 Å². The zero-order chi connectivity index (χ0) is 22.7. The van der Waals surface area contributed by atoms with E-state index in [1.165, 1.54) is 0 Å². The lowest BCUT2D eigenvalue weighted by Crippen LogP contribution is -2.54. The van der Waals surface area contributed by atoms with Crippen LogP contribution in [0.15, 0.2) is 60.7 Å². The Morgan fingerprint density at radius 1 is 0.677 bits per heavy atom. The van der Waals surface area contributed by atoms with Crippen LogP contribution in [0.3, 0.4) is 0 Å². The molecule has 4 nitrogen and oxygen atoms in total. The van der Waals surface area contributed by atoms with Crippen LogP contribution >= 0.6 is 0 Å². The molecule has 0 saturated carbocycles. The Morgan fingerprint density at radius 3 is 1.42 bits per heavy atom. The van der Waals surface area contributed by atoms with Gasteiger partial charge in [-0.05, 0) is 42.2 Å². The first-order chi connectivity index (χ1) is 15.0. The minimum atomic E-state index is -1.34. The first-order valence-corrected chi connectivity index (χ1v) is 11.4. The number of ether oxygens (including phenoxy) is 2. The maximum atomic E-state index is 13.6. The van der Waals surface area contributed by atoms with Gasteiger partial charge in [0.05, 0.1) is 0 Å². The fraction of sp³-hybridized carbons (Fsp3) is 0.481. The van der Waals surface area contributed by atoms with Gasteiger partial charge in [0.15, 0.2) is 5.41 Å². The Bertz CT molecular complexity index is 754. The van der Waals surface area contributed by atoms with Crippen molar-refractivity contribution in [2.75, 3.05) is 0 Å². The number of esters is 2. The van der Waals surface area contributed by atoms with E-state index < -0.39 is 22.8 Å². The first kappa shape index (κ1) is 24.6. The summed E-state index contributed by atoms with van der Waals surface area (Å²) in [5, 5.41) is 0. The third kappa shape index (κ3) is 5.36. The molecule has 0 heterocycles. The van der Waals surface area contributed by atoms with E-state index in [0.717, 1.165) is 24.0 Å². The Kier molecular flexibility index (Phi) is 9.29. The van der Waals surface area contributed by atoms with Crippen molar-refractivity contribution in [3.8, 4) is 0 Å². The van der Waals surface area contributed by atoms with Crippen molar-refractivity contribution in [2.24, 2.45) is 10.8 Å². The molecule has 0 aliphatic rings. The van der Waals surface area contributed by atoms with Gasteiger partial charge in [-0.2, -0.15) is 0 Å². The zero-order valence-electron chi connectivity index (χ0n) is 19.4. The van der Waals surface area contributed by atoms with Crippen LogP contribution in [0.5, 0.6) is 0 Å². The third-order valence-corrected chi connectivity index (χ3v) is 6.64. The highest BCUT2D eigenvalue weighted by molar-refractivity contribution is 6.01. The fourth-order valence-electron chi connectivity index (χ4n) is 4.77. The van der Waals surface area contributed by atoms with Crippen molar-refractivity contribution >= 4 is 11.9 Å². The molecule has 0 bridgehead atoms. The monoisotopic (exact) mass is 424 g/mol. The van der Waals surface area contributed by atoms with Crippen molar-refractivity contribution < 1.29 is 19.1 Å². The molecule has 0 atom stereocenters. The van der Waals surface area contributed by atoms with Crippen LogP contribution in [-0.4, -0.2) is 11.9 Å². The highest BCUT2D eigenvalue weighted by Gasteiger charge is 2.60. The van der Waals surface area contributed by atoms with Gasteiger partial charge in [0.25, 0.3) is 0 Å². The van der Waals surface area contributed by atoms with Gasteiger partial charge >= 0.3 is 11.9 Å². The molecule has 4 heteroatoms. The lowest BCUT2D eigenvalue weighted by Gasteiger charge is -2.46. The van der Waals surface area contributed by atoms with E-state index in [4.69, 9.17) is 9.47 Å². The summed E-state index contributed by atoms with van der Waals surface area (Å²) in [5.74, 6) is -0.955. The summed E-state index contributed by atoms with van der Waals surface area (Å²) in [6.45, 7) is 8.37. The summed E-state index contributed by atoms with van der Waals surface area (Å²) < 4.78 is 11.5. The lowest BCUT2D eigenvalue weighted by molar-refractivity contribution is -0.188. The zero-order valence-corrected chi connectivity index (χ0v) is 19.4. The van der Waals surface area contributed by atoms with Gasteiger partial charge in [-0.25, -0.2) is 0 Å². The van der Waals surface area contributed by atoms with Crippen LogP contribution in [0.2, 0.25) is 0 Å². The van der Waals surface area contributed by atoms with Crippen molar-refractivity contribution in [1.82, 2.24) is 0 Å². The molecule has 0 fully saturated rings. The van der Waals surface area contributed by atoms with Crippen molar-refractivity contribution in [1.29, 1.82) is 0 Å².